The van der Waals surface area contributed by atoms with E-state index in [0.29, 0.717) is 18.5 Å². The third-order valence-electron chi connectivity index (χ3n) is 4.65. The minimum atomic E-state index is -1.40. The lowest BCUT2D eigenvalue weighted by Gasteiger charge is -2.42. The number of aromatic nitrogens is 3. The molecule has 0 radical (unpaired) electrons. The number of nitrogens with one attached hydrogen (secondary N) is 2. The number of Topliss-reactive ketones (excluding diaryl/α,β-unsaturated/α-hetero) is 1. The van der Waals surface area contributed by atoms with Crippen molar-refractivity contribution in [2.75, 3.05) is 6.61 Å². The Balaban J connectivity index is 2.15. The van der Waals surface area contributed by atoms with Crippen molar-refractivity contribution in [2.24, 2.45) is 0 Å². The molecule has 0 saturated carbocycles. The quantitative estimate of drug-likeness (QED) is 0.306. The Morgan fingerprint density at radius 1 is 1.21 bits per heavy atom. The fourth-order valence-corrected chi connectivity index (χ4v) is 3.18. The summed E-state index contributed by atoms with van der Waals surface area (Å²) >= 11 is 0. The van der Waals surface area contributed by atoms with Crippen LogP contribution >= 0.6 is 0 Å². The van der Waals surface area contributed by atoms with E-state index in [0.717, 1.165) is 0 Å². The molecule has 2 unspecified atom stereocenters. The van der Waals surface area contributed by atoms with Crippen molar-refractivity contribution in [2.45, 2.75) is 70.2 Å². The number of amides is 2. The van der Waals surface area contributed by atoms with E-state index in [9.17, 15) is 29.7 Å². The van der Waals surface area contributed by atoms with Gasteiger partial charge in [0.05, 0.1) is 24.5 Å². The van der Waals surface area contributed by atoms with Gasteiger partial charge in [-0.25, -0.2) is 4.68 Å². The Morgan fingerprint density at radius 2 is 1.90 bits per heavy atom. The van der Waals surface area contributed by atoms with Gasteiger partial charge in [-0.15, -0.1) is 5.10 Å². The first-order valence-electron chi connectivity index (χ1n) is 9.21. The van der Waals surface area contributed by atoms with E-state index in [-0.39, 0.29) is 11.7 Å². The summed E-state index contributed by atoms with van der Waals surface area (Å²) in [6.45, 7) is 3.42. The molecule has 1 aromatic rings. The van der Waals surface area contributed by atoms with Crippen LogP contribution in [0.2, 0.25) is 0 Å². The Kier molecular flexibility index (Phi) is 7.79. The summed E-state index contributed by atoms with van der Waals surface area (Å²) in [5.74, 6) is -0.945. The number of hydrogen-bond acceptors (Lipinski definition) is 9. The highest BCUT2D eigenvalue weighted by Gasteiger charge is 2.46. The number of aliphatic hydroxyl groups is 3. The highest BCUT2D eigenvalue weighted by molar-refractivity contribution is 5.86. The zero-order chi connectivity index (χ0) is 21.7. The molecule has 2 heterocycles. The Bertz CT molecular complexity index is 740. The number of ketones is 1. The van der Waals surface area contributed by atoms with Crippen molar-refractivity contribution in [3.63, 3.8) is 0 Å². The van der Waals surface area contributed by atoms with Gasteiger partial charge in [-0.3, -0.25) is 14.4 Å². The molecule has 29 heavy (non-hydrogen) atoms. The van der Waals surface area contributed by atoms with Crippen LogP contribution in [0.5, 0.6) is 0 Å². The van der Waals surface area contributed by atoms with Crippen LogP contribution in [0, 0.1) is 0 Å². The monoisotopic (exact) mass is 413 g/mol. The summed E-state index contributed by atoms with van der Waals surface area (Å²) in [5.41, 5.74) is 0.493. The Morgan fingerprint density at radius 3 is 2.45 bits per heavy atom. The maximum absolute atomic E-state index is 11.6. The van der Waals surface area contributed by atoms with Crippen molar-refractivity contribution in [1.29, 1.82) is 0 Å². The molecule has 1 saturated heterocycles. The maximum atomic E-state index is 11.6. The van der Waals surface area contributed by atoms with Crippen molar-refractivity contribution in [3.05, 3.63) is 11.9 Å². The Labute approximate surface area is 167 Å². The molecule has 0 aliphatic carbocycles. The molecule has 1 fully saturated rings. The number of nitrogens with zero attached hydrogens (tertiary/aromatic N) is 3. The highest BCUT2D eigenvalue weighted by atomic mass is 16.5. The third kappa shape index (κ3) is 5.79. The van der Waals surface area contributed by atoms with Crippen LogP contribution in [0.25, 0.3) is 0 Å². The lowest BCUT2D eigenvalue weighted by molar-refractivity contribution is -0.219. The summed E-state index contributed by atoms with van der Waals surface area (Å²) < 4.78 is 6.89. The summed E-state index contributed by atoms with van der Waals surface area (Å²) in [7, 11) is 0. The van der Waals surface area contributed by atoms with E-state index in [4.69, 9.17) is 4.74 Å². The van der Waals surface area contributed by atoms with Gasteiger partial charge >= 0.3 is 0 Å². The lowest BCUT2D eigenvalue weighted by Crippen LogP contribution is -2.62. The van der Waals surface area contributed by atoms with E-state index >= 15 is 0 Å². The molecule has 6 atom stereocenters. The molecule has 0 bridgehead atoms. The number of aliphatic hydroxyl groups excluding tert-OH is 3. The van der Waals surface area contributed by atoms with Gasteiger partial charge in [0.2, 0.25) is 11.8 Å². The standard InChI is InChI=1S/C17H27N5O7/c1-8(24)12(18-9(2)25)5-4-11-6-22(21-20-11)17-14(19-10(3)26)16(28)15(27)13(7-23)29-17/h6,12-17,23,27-28H,4-5,7H2,1-3H3,(H,18,25)(H,19,26)/t12-,13?,14?,15-,16+,17+/m0/s1. The van der Waals surface area contributed by atoms with Crippen LogP contribution < -0.4 is 10.6 Å². The number of ether oxygens (including phenoxy) is 1. The van der Waals surface area contributed by atoms with Gasteiger partial charge in [0.15, 0.2) is 12.0 Å². The predicted molar refractivity (Wildman–Crippen MR) is 97.2 cm³/mol. The number of carbonyl (C=O) groups is 3. The van der Waals surface area contributed by atoms with E-state index in [1.165, 1.54) is 31.6 Å². The van der Waals surface area contributed by atoms with Crippen LogP contribution in [0.4, 0.5) is 0 Å². The van der Waals surface area contributed by atoms with Gasteiger partial charge in [-0.05, 0) is 19.8 Å². The first kappa shape index (κ1) is 22.9. The van der Waals surface area contributed by atoms with Gasteiger partial charge in [-0.2, -0.15) is 0 Å². The molecular weight excluding hydrogens is 386 g/mol. The van der Waals surface area contributed by atoms with Crippen molar-refractivity contribution in [1.82, 2.24) is 25.6 Å². The molecule has 0 aromatic carbocycles. The molecule has 12 nitrogen and oxygen atoms in total. The maximum Gasteiger partial charge on any atom is 0.217 e. The van der Waals surface area contributed by atoms with E-state index in [2.05, 4.69) is 20.9 Å². The van der Waals surface area contributed by atoms with E-state index in [1.54, 1.807) is 0 Å². The first-order valence-corrected chi connectivity index (χ1v) is 9.21. The van der Waals surface area contributed by atoms with E-state index in [1.807, 2.05) is 0 Å². The molecule has 12 heteroatoms. The summed E-state index contributed by atoms with van der Waals surface area (Å²) in [6, 6.07) is -1.67. The van der Waals surface area contributed by atoms with Gasteiger partial charge < -0.3 is 30.7 Å². The van der Waals surface area contributed by atoms with Crippen LogP contribution in [-0.2, 0) is 25.5 Å². The smallest absolute Gasteiger partial charge is 0.217 e. The van der Waals surface area contributed by atoms with Crippen LogP contribution in [0.3, 0.4) is 0 Å². The molecular formula is C17H27N5O7. The fraction of sp³-hybridized carbons (Fsp3) is 0.706. The largest absolute Gasteiger partial charge is 0.394 e. The number of aryl methyl sites for hydroxylation is 1. The lowest BCUT2D eigenvalue weighted by atomic mass is 9.96. The van der Waals surface area contributed by atoms with Crippen LogP contribution in [-0.4, -0.2) is 84.9 Å². The predicted octanol–water partition coefficient (Wildman–Crippen LogP) is -2.58. The first-order chi connectivity index (χ1) is 13.6. The summed E-state index contributed by atoms with van der Waals surface area (Å²) in [6.07, 6.45) is -2.73. The molecule has 2 rings (SSSR count). The zero-order valence-corrected chi connectivity index (χ0v) is 16.5. The third-order valence-corrected chi connectivity index (χ3v) is 4.65. The molecule has 1 aliphatic rings. The van der Waals surface area contributed by atoms with Crippen LogP contribution in [0.15, 0.2) is 6.20 Å². The average Bonchev–Trinajstić information content (AvgIpc) is 3.10. The normalized spacial score (nSPS) is 27.9. The Hall–Kier alpha value is -2.41. The van der Waals surface area contributed by atoms with Crippen molar-refractivity contribution in [3.8, 4) is 0 Å². The summed E-state index contributed by atoms with van der Waals surface area (Å²) in [5, 5.41) is 42.8. The summed E-state index contributed by atoms with van der Waals surface area (Å²) in [4.78, 5) is 34.4. The second kappa shape index (κ2) is 9.87. The van der Waals surface area contributed by atoms with Gasteiger partial charge in [0, 0.05) is 13.8 Å². The van der Waals surface area contributed by atoms with Gasteiger partial charge in [0.1, 0.15) is 24.4 Å². The second-order valence-corrected chi connectivity index (χ2v) is 7.05. The fourth-order valence-electron chi connectivity index (χ4n) is 3.18. The molecule has 5 N–H and O–H groups in total. The molecule has 0 spiro atoms. The SMILES string of the molecule is CC(=O)NC1[C@@H](O)[C@@H](O)C(CO)O[C@H]1n1cc(CC[C@H](NC(C)=O)C(C)=O)nn1. The zero-order valence-electron chi connectivity index (χ0n) is 16.5. The van der Waals surface area contributed by atoms with E-state index < -0.39 is 49.1 Å². The average molecular weight is 413 g/mol. The topological polar surface area (TPSA) is 176 Å². The van der Waals surface area contributed by atoms with Gasteiger partial charge in [0.25, 0.3) is 0 Å². The molecule has 2 amide bonds. The van der Waals surface area contributed by atoms with Crippen LogP contribution in [0.1, 0.15) is 39.1 Å². The molecule has 162 valence electrons. The second-order valence-electron chi connectivity index (χ2n) is 7.05. The highest BCUT2D eigenvalue weighted by Crippen LogP contribution is 2.28. The van der Waals surface area contributed by atoms with Crippen molar-refractivity contribution >= 4 is 17.6 Å². The van der Waals surface area contributed by atoms with Gasteiger partial charge in [-0.1, -0.05) is 5.21 Å². The number of hydrogen-bond donors (Lipinski definition) is 5. The number of rotatable bonds is 8. The molecule has 1 aliphatic heterocycles. The minimum absolute atomic E-state index is 0.183. The van der Waals surface area contributed by atoms with Crippen molar-refractivity contribution < 1.29 is 34.4 Å². The minimum Gasteiger partial charge on any atom is -0.394 e. The molecule has 1 aromatic heterocycles. The number of carbonyl (C=O) groups excluding carboxylic acids is 3.